The first kappa shape index (κ1) is 22.9. The number of aliphatic imine (C=N–C) groups is 1. The first-order valence-corrected chi connectivity index (χ1v) is 13.7. The molecule has 0 bridgehead atoms. The maximum absolute atomic E-state index is 6.46. The van der Waals surface area contributed by atoms with Crippen LogP contribution in [-0.2, 0) is 4.43 Å². The lowest BCUT2D eigenvalue weighted by Crippen LogP contribution is -2.43. The molecule has 0 spiro atoms. The molecule has 0 unspecified atom stereocenters. The molecule has 7 heteroatoms. The van der Waals surface area contributed by atoms with E-state index < -0.39 is 8.32 Å². The molecule has 1 N–H and O–H groups in total. The summed E-state index contributed by atoms with van der Waals surface area (Å²) in [5, 5.41) is 4.18. The number of hydrogen-bond donors (Lipinski definition) is 1. The maximum atomic E-state index is 6.46. The number of benzene rings is 2. The number of ether oxygens (including phenoxy) is 1. The van der Waals surface area contributed by atoms with Crippen molar-refractivity contribution in [2.75, 3.05) is 19.0 Å². The van der Waals surface area contributed by atoms with E-state index in [1.807, 2.05) is 42.5 Å². The molecule has 4 nitrogen and oxygen atoms in total. The van der Waals surface area contributed by atoms with E-state index >= 15 is 0 Å². The lowest BCUT2D eigenvalue weighted by Gasteiger charge is -2.36. The van der Waals surface area contributed by atoms with Gasteiger partial charge in [0, 0.05) is 21.8 Å². The van der Waals surface area contributed by atoms with Crippen LogP contribution in [0.2, 0.25) is 23.2 Å². The number of anilines is 1. The summed E-state index contributed by atoms with van der Waals surface area (Å²) in [5.41, 5.74) is 3.66. The molecule has 160 valence electrons. The summed E-state index contributed by atoms with van der Waals surface area (Å²) >= 11 is 11.8. The molecular formula is C23H29ClN2O2SSi. The van der Waals surface area contributed by atoms with Crippen LogP contribution in [0.25, 0.3) is 0 Å². The Morgan fingerprint density at radius 2 is 1.80 bits per heavy atom. The molecule has 0 aliphatic carbocycles. The molecule has 0 saturated carbocycles. The van der Waals surface area contributed by atoms with Crippen molar-refractivity contribution in [2.45, 2.75) is 44.9 Å². The van der Waals surface area contributed by atoms with Gasteiger partial charge in [0.05, 0.1) is 19.4 Å². The Morgan fingerprint density at radius 1 is 1.13 bits per heavy atom. The lowest BCUT2D eigenvalue weighted by molar-refractivity contribution is 0.285. The molecule has 1 aliphatic heterocycles. The van der Waals surface area contributed by atoms with Crippen LogP contribution in [0.5, 0.6) is 5.75 Å². The average Bonchev–Trinajstić information content (AvgIpc) is 2.82. The van der Waals surface area contributed by atoms with Crippen molar-refractivity contribution in [3.8, 4) is 5.75 Å². The molecule has 0 aromatic heterocycles. The average molecular weight is 461 g/mol. The normalized spacial score (nSPS) is 17.0. The Kier molecular flexibility index (Phi) is 6.72. The fraction of sp³-hybridized carbons (Fsp3) is 0.391. The zero-order valence-corrected chi connectivity index (χ0v) is 20.9. The Labute approximate surface area is 190 Å². The maximum Gasteiger partial charge on any atom is 0.192 e. The van der Waals surface area contributed by atoms with E-state index in [2.05, 4.69) is 39.2 Å². The second-order valence-corrected chi connectivity index (χ2v) is 14.7. The van der Waals surface area contributed by atoms with Gasteiger partial charge in [-0.1, -0.05) is 56.7 Å². The zero-order valence-electron chi connectivity index (χ0n) is 18.4. The minimum absolute atomic E-state index is 0.117. The SMILES string of the molecule is COc1ccc2c(c1)C(c1ccc(Cl)cc1)=N[C@@H](CO[Si](C)(C)C(C)(C)C)C(=S)N2. The Bertz CT molecular complexity index is 968. The minimum Gasteiger partial charge on any atom is -0.497 e. The first-order chi connectivity index (χ1) is 14.0. The van der Waals surface area contributed by atoms with E-state index in [-0.39, 0.29) is 11.1 Å². The van der Waals surface area contributed by atoms with Gasteiger partial charge in [-0.25, -0.2) is 0 Å². The van der Waals surface area contributed by atoms with Gasteiger partial charge in [0.15, 0.2) is 8.32 Å². The summed E-state index contributed by atoms with van der Waals surface area (Å²) in [6.45, 7) is 11.6. The van der Waals surface area contributed by atoms with Crippen LogP contribution in [0.3, 0.4) is 0 Å². The zero-order chi connectivity index (χ0) is 22.1. The van der Waals surface area contributed by atoms with Gasteiger partial charge >= 0.3 is 0 Å². The molecule has 0 fully saturated rings. The highest BCUT2D eigenvalue weighted by Crippen LogP contribution is 2.37. The third kappa shape index (κ3) is 4.94. The van der Waals surface area contributed by atoms with Crippen LogP contribution >= 0.6 is 23.8 Å². The van der Waals surface area contributed by atoms with Crippen LogP contribution in [0, 0.1) is 0 Å². The van der Waals surface area contributed by atoms with E-state index in [1.54, 1.807) is 7.11 Å². The molecule has 0 saturated heterocycles. The highest BCUT2D eigenvalue weighted by atomic mass is 35.5. The molecule has 2 aromatic carbocycles. The molecule has 0 radical (unpaired) electrons. The topological polar surface area (TPSA) is 42.9 Å². The summed E-state index contributed by atoms with van der Waals surface area (Å²) < 4.78 is 11.9. The predicted molar refractivity (Wildman–Crippen MR) is 133 cm³/mol. The lowest BCUT2D eigenvalue weighted by atomic mass is 10.0. The van der Waals surface area contributed by atoms with Gasteiger partial charge < -0.3 is 14.5 Å². The highest BCUT2D eigenvalue weighted by Gasteiger charge is 2.38. The number of methoxy groups -OCH3 is 1. The number of thiocarbonyl (C=S) groups is 1. The number of hydrogen-bond acceptors (Lipinski definition) is 4. The number of nitrogens with one attached hydrogen (secondary N) is 1. The van der Waals surface area contributed by atoms with Crippen molar-refractivity contribution in [2.24, 2.45) is 4.99 Å². The van der Waals surface area contributed by atoms with Crippen LogP contribution in [0.15, 0.2) is 47.5 Å². The molecule has 3 rings (SSSR count). The second-order valence-electron chi connectivity index (χ2n) is 8.97. The molecule has 1 heterocycles. The van der Waals surface area contributed by atoms with Gasteiger partial charge in [-0.15, -0.1) is 0 Å². The molecular weight excluding hydrogens is 432 g/mol. The molecule has 2 aromatic rings. The van der Waals surface area contributed by atoms with E-state index in [0.717, 1.165) is 28.3 Å². The van der Waals surface area contributed by atoms with Gasteiger partial charge in [0.25, 0.3) is 0 Å². The smallest absolute Gasteiger partial charge is 0.192 e. The fourth-order valence-corrected chi connectivity index (χ4v) is 4.27. The summed E-state index contributed by atoms with van der Waals surface area (Å²) in [7, 11) is -0.274. The number of rotatable bonds is 5. The summed E-state index contributed by atoms with van der Waals surface area (Å²) in [6.07, 6.45) is 0. The van der Waals surface area contributed by atoms with Gasteiger partial charge in [0.2, 0.25) is 0 Å². The van der Waals surface area contributed by atoms with E-state index in [1.165, 1.54) is 0 Å². The van der Waals surface area contributed by atoms with Crippen molar-refractivity contribution in [1.82, 2.24) is 0 Å². The van der Waals surface area contributed by atoms with Crippen molar-refractivity contribution in [3.63, 3.8) is 0 Å². The molecule has 30 heavy (non-hydrogen) atoms. The number of fused-ring (bicyclic) bond motifs is 1. The minimum atomic E-state index is -1.93. The monoisotopic (exact) mass is 460 g/mol. The second kappa shape index (κ2) is 8.79. The van der Waals surface area contributed by atoms with Crippen LogP contribution in [0.1, 0.15) is 31.9 Å². The standard InChI is InChI=1S/C23H29ClN2O2SSi/c1-23(2,3)30(5,6)28-14-20-22(29)26-19-12-11-17(27-4)13-18(19)21(25-20)15-7-9-16(24)10-8-15/h7-13,20H,14H2,1-6H3,(H,26,29)/t20-/m0/s1. The third-order valence-corrected chi connectivity index (χ3v) is 11.0. The van der Waals surface area contributed by atoms with E-state index in [9.17, 15) is 0 Å². The van der Waals surface area contributed by atoms with Crippen LogP contribution in [-0.4, -0.2) is 38.8 Å². The molecule has 0 amide bonds. The van der Waals surface area contributed by atoms with Gasteiger partial charge in [-0.2, -0.15) is 0 Å². The van der Waals surface area contributed by atoms with Gasteiger partial charge in [0.1, 0.15) is 16.8 Å². The number of halogens is 1. The van der Waals surface area contributed by atoms with E-state index in [4.69, 9.17) is 38.0 Å². The highest BCUT2D eigenvalue weighted by molar-refractivity contribution is 7.80. The van der Waals surface area contributed by atoms with Crippen molar-refractivity contribution >= 4 is 48.5 Å². The van der Waals surface area contributed by atoms with Crippen molar-refractivity contribution in [1.29, 1.82) is 0 Å². The summed E-state index contributed by atoms with van der Waals surface area (Å²) in [5.74, 6) is 0.763. The fourth-order valence-electron chi connectivity index (χ4n) is 2.91. The number of nitrogens with zero attached hydrogens (tertiary/aromatic N) is 1. The molecule has 1 aliphatic rings. The Balaban J connectivity index is 2.04. The number of benzodiazepines with no additional fused rings is 1. The Hall–Kier alpha value is -1.73. The van der Waals surface area contributed by atoms with Gasteiger partial charge in [-0.3, -0.25) is 4.99 Å². The quantitative estimate of drug-likeness (QED) is 0.418. The summed E-state index contributed by atoms with van der Waals surface area (Å²) in [6, 6.07) is 13.3. The summed E-state index contributed by atoms with van der Waals surface area (Å²) in [4.78, 5) is 5.73. The Morgan fingerprint density at radius 3 is 2.40 bits per heavy atom. The van der Waals surface area contributed by atoms with Gasteiger partial charge in [-0.05, 0) is 48.5 Å². The van der Waals surface area contributed by atoms with Crippen LogP contribution in [0.4, 0.5) is 5.69 Å². The van der Waals surface area contributed by atoms with Crippen molar-refractivity contribution < 1.29 is 9.16 Å². The van der Waals surface area contributed by atoms with E-state index in [0.29, 0.717) is 16.6 Å². The first-order valence-electron chi connectivity index (χ1n) is 9.99. The predicted octanol–water partition coefficient (Wildman–Crippen LogP) is 6.33. The van der Waals surface area contributed by atoms with Crippen LogP contribution < -0.4 is 10.1 Å². The largest absolute Gasteiger partial charge is 0.497 e. The van der Waals surface area contributed by atoms with Crippen molar-refractivity contribution in [3.05, 3.63) is 58.6 Å². The third-order valence-electron chi connectivity index (χ3n) is 5.85. The molecule has 1 atom stereocenters.